The molecule has 2 N–H and O–H groups in total. The summed E-state index contributed by atoms with van der Waals surface area (Å²) in [5, 5.41) is -0.399. The van der Waals surface area contributed by atoms with Crippen LogP contribution < -0.4 is 10.5 Å². The molecule has 0 atom stereocenters. The third-order valence-corrected chi connectivity index (χ3v) is 4.18. The minimum Gasteiger partial charge on any atom is -0.492 e. The Bertz CT molecular complexity index is 847. The standard InChI is InChI=1S/C17H16Cl2F2N2O3/c1-3-4-5-26-17(24)15-13(19)10(22)7-11(23-15)12-9(20)6-8(18)16(25-2)14(12)21/h6-7H,3-5H2,1-2H3,(H2,22,23). The molecule has 0 aliphatic heterocycles. The molecular weight excluding hydrogens is 389 g/mol. The number of pyridine rings is 1. The van der Waals surface area contributed by atoms with Gasteiger partial charge >= 0.3 is 5.97 Å². The summed E-state index contributed by atoms with van der Waals surface area (Å²) in [5.74, 6) is -3.26. The summed E-state index contributed by atoms with van der Waals surface area (Å²) in [4.78, 5) is 16.1. The first-order valence-corrected chi connectivity index (χ1v) is 8.42. The number of hydrogen-bond donors (Lipinski definition) is 1. The highest BCUT2D eigenvalue weighted by molar-refractivity contribution is 6.35. The number of ether oxygens (including phenoxy) is 2. The molecule has 5 nitrogen and oxygen atoms in total. The lowest BCUT2D eigenvalue weighted by atomic mass is 10.1. The molecule has 9 heteroatoms. The molecule has 0 spiro atoms. The third kappa shape index (κ3) is 3.99. The van der Waals surface area contributed by atoms with Crippen molar-refractivity contribution in [2.75, 3.05) is 19.5 Å². The SMILES string of the molecule is CCCCOC(=O)c1nc(-c2c(F)cc(Cl)c(OC)c2F)cc(N)c1Cl. The maximum absolute atomic E-state index is 14.6. The predicted molar refractivity (Wildman–Crippen MR) is 95.8 cm³/mol. The monoisotopic (exact) mass is 404 g/mol. The molecule has 0 bridgehead atoms. The minimum atomic E-state index is -1.07. The molecule has 0 amide bonds. The van der Waals surface area contributed by atoms with E-state index in [1.807, 2.05) is 6.92 Å². The summed E-state index contributed by atoms with van der Waals surface area (Å²) in [7, 11) is 1.19. The summed E-state index contributed by atoms with van der Waals surface area (Å²) < 4.78 is 38.8. The molecule has 0 radical (unpaired) electrons. The van der Waals surface area contributed by atoms with Gasteiger partial charge < -0.3 is 15.2 Å². The normalized spacial score (nSPS) is 10.7. The fraction of sp³-hybridized carbons (Fsp3) is 0.294. The van der Waals surface area contributed by atoms with Gasteiger partial charge in [0.2, 0.25) is 0 Å². The fourth-order valence-corrected chi connectivity index (χ4v) is 2.61. The van der Waals surface area contributed by atoms with E-state index < -0.39 is 23.2 Å². The highest BCUT2D eigenvalue weighted by atomic mass is 35.5. The van der Waals surface area contributed by atoms with Crippen LogP contribution in [0.1, 0.15) is 30.3 Å². The van der Waals surface area contributed by atoms with Gasteiger partial charge in [-0.2, -0.15) is 0 Å². The Morgan fingerprint density at radius 1 is 1.31 bits per heavy atom. The van der Waals surface area contributed by atoms with Gasteiger partial charge in [0.15, 0.2) is 17.3 Å². The topological polar surface area (TPSA) is 74.4 Å². The molecular formula is C17H16Cl2F2N2O3. The number of carbonyl (C=O) groups is 1. The zero-order chi connectivity index (χ0) is 19.4. The summed E-state index contributed by atoms with van der Waals surface area (Å²) in [6.07, 6.45) is 1.47. The molecule has 1 aromatic heterocycles. The lowest BCUT2D eigenvalue weighted by molar-refractivity contribution is 0.0493. The van der Waals surface area contributed by atoms with Gasteiger partial charge in [-0.25, -0.2) is 18.6 Å². The highest BCUT2D eigenvalue weighted by Gasteiger charge is 2.24. The van der Waals surface area contributed by atoms with Crippen LogP contribution in [0.2, 0.25) is 10.0 Å². The molecule has 26 heavy (non-hydrogen) atoms. The first-order chi connectivity index (χ1) is 12.3. The average molecular weight is 405 g/mol. The highest BCUT2D eigenvalue weighted by Crippen LogP contribution is 2.38. The average Bonchev–Trinajstić information content (AvgIpc) is 2.57. The van der Waals surface area contributed by atoms with Crippen LogP contribution in [0, 0.1) is 11.6 Å². The van der Waals surface area contributed by atoms with Crippen molar-refractivity contribution in [2.45, 2.75) is 19.8 Å². The second-order valence-corrected chi connectivity index (χ2v) is 6.10. The van der Waals surface area contributed by atoms with Crippen molar-refractivity contribution < 1.29 is 23.0 Å². The number of methoxy groups -OCH3 is 1. The van der Waals surface area contributed by atoms with E-state index in [2.05, 4.69) is 4.98 Å². The van der Waals surface area contributed by atoms with Crippen molar-refractivity contribution in [3.63, 3.8) is 0 Å². The Kier molecular flexibility index (Phi) is 6.61. The van der Waals surface area contributed by atoms with Crippen LogP contribution in [0.5, 0.6) is 5.75 Å². The molecule has 0 fully saturated rings. The lowest BCUT2D eigenvalue weighted by Gasteiger charge is -2.13. The molecule has 2 rings (SSSR count). The number of carbonyl (C=O) groups excluding carboxylic acids is 1. The molecule has 0 saturated heterocycles. The summed E-state index contributed by atoms with van der Waals surface area (Å²) in [5.41, 5.74) is 4.58. The van der Waals surface area contributed by atoms with Gasteiger partial charge in [-0.15, -0.1) is 0 Å². The van der Waals surface area contributed by atoms with E-state index >= 15 is 0 Å². The van der Waals surface area contributed by atoms with Crippen molar-refractivity contribution in [3.8, 4) is 17.0 Å². The Morgan fingerprint density at radius 2 is 2.00 bits per heavy atom. The van der Waals surface area contributed by atoms with Crippen LogP contribution in [-0.2, 0) is 4.74 Å². The first kappa shape index (κ1) is 20.2. The van der Waals surface area contributed by atoms with Crippen LogP contribution in [0.15, 0.2) is 12.1 Å². The Morgan fingerprint density at radius 3 is 2.62 bits per heavy atom. The zero-order valence-electron chi connectivity index (χ0n) is 14.0. The maximum atomic E-state index is 14.6. The summed E-state index contributed by atoms with van der Waals surface area (Å²) >= 11 is 11.8. The number of nitrogens with zero attached hydrogens (tertiary/aromatic N) is 1. The maximum Gasteiger partial charge on any atom is 0.358 e. The van der Waals surface area contributed by atoms with Gasteiger partial charge in [-0.1, -0.05) is 36.5 Å². The Labute approximate surface area is 159 Å². The van der Waals surface area contributed by atoms with E-state index in [9.17, 15) is 13.6 Å². The molecule has 1 aromatic carbocycles. The number of anilines is 1. The second kappa shape index (κ2) is 8.51. The van der Waals surface area contributed by atoms with E-state index in [-0.39, 0.29) is 39.5 Å². The van der Waals surface area contributed by atoms with Crippen LogP contribution in [0.4, 0.5) is 14.5 Å². The molecule has 2 aromatic rings. The van der Waals surface area contributed by atoms with E-state index in [1.54, 1.807) is 0 Å². The van der Waals surface area contributed by atoms with E-state index in [0.717, 1.165) is 18.6 Å². The van der Waals surface area contributed by atoms with E-state index in [4.69, 9.17) is 38.4 Å². The van der Waals surface area contributed by atoms with Gasteiger partial charge in [-0.3, -0.25) is 0 Å². The smallest absolute Gasteiger partial charge is 0.358 e. The van der Waals surface area contributed by atoms with Crippen molar-refractivity contribution in [2.24, 2.45) is 0 Å². The molecule has 0 unspecified atom stereocenters. The molecule has 140 valence electrons. The van der Waals surface area contributed by atoms with E-state index in [0.29, 0.717) is 6.42 Å². The number of nitrogens with two attached hydrogens (primary N) is 1. The van der Waals surface area contributed by atoms with Crippen molar-refractivity contribution in [1.82, 2.24) is 4.98 Å². The summed E-state index contributed by atoms with van der Waals surface area (Å²) in [6, 6.07) is 2.03. The van der Waals surface area contributed by atoms with Gasteiger partial charge in [0.1, 0.15) is 5.82 Å². The molecule has 0 aliphatic carbocycles. The fourth-order valence-electron chi connectivity index (χ4n) is 2.18. The van der Waals surface area contributed by atoms with Gasteiger partial charge in [0.25, 0.3) is 0 Å². The van der Waals surface area contributed by atoms with Gasteiger partial charge in [0.05, 0.1) is 40.7 Å². The third-order valence-electron chi connectivity index (χ3n) is 3.50. The lowest BCUT2D eigenvalue weighted by Crippen LogP contribution is -2.11. The number of aromatic nitrogens is 1. The number of halogens is 4. The molecule has 0 aliphatic rings. The quantitative estimate of drug-likeness (QED) is 0.548. The second-order valence-electron chi connectivity index (χ2n) is 5.31. The van der Waals surface area contributed by atoms with Crippen LogP contribution in [0.3, 0.4) is 0 Å². The predicted octanol–water partition coefficient (Wildman–Crippen LogP) is 4.88. The molecule has 0 saturated carbocycles. The first-order valence-electron chi connectivity index (χ1n) is 7.66. The Hall–Kier alpha value is -2.12. The van der Waals surface area contributed by atoms with Gasteiger partial charge in [0, 0.05) is 0 Å². The van der Waals surface area contributed by atoms with E-state index in [1.165, 1.54) is 7.11 Å². The molecule has 1 heterocycles. The number of rotatable bonds is 6. The van der Waals surface area contributed by atoms with Crippen LogP contribution >= 0.6 is 23.2 Å². The number of nitrogen functional groups attached to an aromatic ring is 1. The van der Waals surface area contributed by atoms with Gasteiger partial charge in [-0.05, 0) is 18.6 Å². The van der Waals surface area contributed by atoms with Crippen molar-refractivity contribution in [1.29, 1.82) is 0 Å². The largest absolute Gasteiger partial charge is 0.492 e. The van der Waals surface area contributed by atoms with Crippen LogP contribution in [-0.4, -0.2) is 24.7 Å². The zero-order valence-corrected chi connectivity index (χ0v) is 15.5. The number of esters is 1. The Balaban J connectivity index is 2.57. The number of benzene rings is 1. The van der Waals surface area contributed by atoms with Crippen molar-refractivity contribution in [3.05, 3.63) is 39.5 Å². The van der Waals surface area contributed by atoms with Crippen LogP contribution in [0.25, 0.3) is 11.3 Å². The van der Waals surface area contributed by atoms with Crippen molar-refractivity contribution >= 4 is 34.9 Å². The number of unbranched alkanes of at least 4 members (excludes halogenated alkanes) is 1. The minimum absolute atomic E-state index is 0.0770. The summed E-state index contributed by atoms with van der Waals surface area (Å²) in [6.45, 7) is 2.09. The number of hydrogen-bond acceptors (Lipinski definition) is 5.